The minimum absolute atomic E-state index is 0.0195. The first-order valence-electron chi connectivity index (χ1n) is 9.36. The molecule has 0 fully saturated rings. The number of nitrogens with zero attached hydrogens (tertiary/aromatic N) is 1. The lowest BCUT2D eigenvalue weighted by Crippen LogP contribution is -2.18. The standard InChI is InChI=1S/C22H21N3O5S/c1-2-30-21-14-16(8-13-20(21)26)15-23-24-22(27)17-9-11-18(12-10-17)25-31(28,29)19-6-4-3-5-7-19/h3-15,25-26H,2H2,1H3,(H,24,27)/b23-15+. The van der Waals surface area contributed by atoms with Crippen LogP contribution in [0.2, 0.25) is 0 Å². The molecule has 3 N–H and O–H groups in total. The quantitative estimate of drug-likeness (QED) is 0.368. The Kier molecular flexibility index (Phi) is 6.88. The summed E-state index contributed by atoms with van der Waals surface area (Å²) in [7, 11) is -3.70. The zero-order valence-corrected chi connectivity index (χ0v) is 17.5. The van der Waals surface area contributed by atoms with Crippen molar-refractivity contribution in [3.8, 4) is 11.5 Å². The molecule has 0 radical (unpaired) electrons. The number of carbonyl (C=O) groups excluding carboxylic acids is 1. The summed E-state index contributed by atoms with van der Waals surface area (Å²) in [5.41, 5.74) is 3.66. The van der Waals surface area contributed by atoms with Crippen LogP contribution in [0.1, 0.15) is 22.8 Å². The lowest BCUT2D eigenvalue weighted by Gasteiger charge is -2.08. The Morgan fingerprint density at radius 2 is 1.77 bits per heavy atom. The van der Waals surface area contributed by atoms with E-state index < -0.39 is 15.9 Å². The van der Waals surface area contributed by atoms with E-state index in [4.69, 9.17) is 4.74 Å². The number of ether oxygens (including phenoxy) is 1. The smallest absolute Gasteiger partial charge is 0.271 e. The van der Waals surface area contributed by atoms with Crippen LogP contribution in [0.25, 0.3) is 0 Å². The Hall–Kier alpha value is -3.85. The van der Waals surface area contributed by atoms with Gasteiger partial charge in [0, 0.05) is 11.3 Å². The molecular formula is C22H21N3O5S. The topological polar surface area (TPSA) is 117 Å². The number of phenolic OH excluding ortho intramolecular Hbond substituents is 1. The highest BCUT2D eigenvalue weighted by Crippen LogP contribution is 2.26. The third-order valence-electron chi connectivity index (χ3n) is 4.12. The molecule has 0 aliphatic rings. The van der Waals surface area contributed by atoms with Gasteiger partial charge in [-0.15, -0.1) is 0 Å². The highest BCUT2D eigenvalue weighted by atomic mass is 32.2. The summed E-state index contributed by atoms with van der Waals surface area (Å²) < 4.78 is 32.5. The number of rotatable bonds is 8. The van der Waals surface area contributed by atoms with Crippen LogP contribution in [0.5, 0.6) is 11.5 Å². The van der Waals surface area contributed by atoms with Crippen molar-refractivity contribution >= 4 is 27.8 Å². The van der Waals surface area contributed by atoms with Gasteiger partial charge in [0.1, 0.15) is 0 Å². The molecule has 0 unspecified atom stereocenters. The summed E-state index contributed by atoms with van der Waals surface area (Å²) in [6.07, 6.45) is 1.42. The van der Waals surface area contributed by atoms with Gasteiger partial charge in [0.15, 0.2) is 11.5 Å². The summed E-state index contributed by atoms with van der Waals surface area (Å²) in [6.45, 7) is 2.21. The largest absolute Gasteiger partial charge is 0.504 e. The maximum Gasteiger partial charge on any atom is 0.271 e. The molecule has 9 heteroatoms. The zero-order chi connectivity index (χ0) is 22.3. The number of hydrogen-bond acceptors (Lipinski definition) is 6. The van der Waals surface area contributed by atoms with Crippen molar-refractivity contribution in [2.24, 2.45) is 5.10 Å². The van der Waals surface area contributed by atoms with E-state index in [2.05, 4.69) is 15.2 Å². The van der Waals surface area contributed by atoms with Crippen molar-refractivity contribution in [1.29, 1.82) is 0 Å². The summed E-state index contributed by atoms with van der Waals surface area (Å²) in [4.78, 5) is 12.4. The second kappa shape index (κ2) is 9.77. The van der Waals surface area contributed by atoms with Gasteiger partial charge in [-0.2, -0.15) is 5.10 Å². The van der Waals surface area contributed by atoms with Gasteiger partial charge in [-0.05, 0) is 67.1 Å². The molecule has 31 heavy (non-hydrogen) atoms. The molecule has 0 aliphatic heterocycles. The summed E-state index contributed by atoms with van der Waals surface area (Å²) in [6, 6.07) is 18.7. The Bertz CT molecular complexity index is 1180. The third-order valence-corrected chi connectivity index (χ3v) is 5.51. The first-order valence-corrected chi connectivity index (χ1v) is 10.8. The summed E-state index contributed by atoms with van der Waals surface area (Å²) in [5.74, 6) is -0.116. The molecule has 3 aromatic rings. The van der Waals surface area contributed by atoms with Crippen LogP contribution in [0.3, 0.4) is 0 Å². The van der Waals surface area contributed by atoms with Crippen LogP contribution >= 0.6 is 0 Å². The fourth-order valence-corrected chi connectivity index (χ4v) is 3.70. The van der Waals surface area contributed by atoms with Crippen LogP contribution in [-0.2, 0) is 10.0 Å². The second-order valence-corrected chi connectivity index (χ2v) is 8.04. The van der Waals surface area contributed by atoms with Gasteiger partial charge < -0.3 is 9.84 Å². The predicted octanol–water partition coefficient (Wildman–Crippen LogP) is 3.36. The molecular weight excluding hydrogens is 418 g/mol. The molecule has 3 aromatic carbocycles. The van der Waals surface area contributed by atoms with E-state index in [0.29, 0.717) is 29.2 Å². The molecule has 0 saturated heterocycles. The molecule has 0 saturated carbocycles. The minimum Gasteiger partial charge on any atom is -0.504 e. The first-order chi connectivity index (χ1) is 14.9. The Balaban J connectivity index is 1.62. The summed E-state index contributed by atoms with van der Waals surface area (Å²) >= 11 is 0. The average Bonchev–Trinajstić information content (AvgIpc) is 2.77. The first kappa shape index (κ1) is 21.8. The van der Waals surface area contributed by atoms with Crippen LogP contribution in [0.4, 0.5) is 5.69 Å². The Morgan fingerprint density at radius 3 is 2.45 bits per heavy atom. The van der Waals surface area contributed by atoms with Crippen molar-refractivity contribution in [3.63, 3.8) is 0 Å². The highest BCUT2D eigenvalue weighted by molar-refractivity contribution is 7.92. The third kappa shape index (κ3) is 5.83. The van der Waals surface area contributed by atoms with Crippen molar-refractivity contribution in [2.75, 3.05) is 11.3 Å². The molecule has 0 aliphatic carbocycles. The number of aromatic hydroxyl groups is 1. The van der Waals surface area contributed by atoms with Crippen LogP contribution < -0.4 is 14.9 Å². The van der Waals surface area contributed by atoms with Gasteiger partial charge in [0.25, 0.3) is 15.9 Å². The number of nitrogens with one attached hydrogen (secondary N) is 2. The molecule has 3 rings (SSSR count). The Labute approximate surface area is 180 Å². The van der Waals surface area contributed by atoms with E-state index in [0.717, 1.165) is 0 Å². The van der Waals surface area contributed by atoms with Crippen molar-refractivity contribution < 1.29 is 23.1 Å². The monoisotopic (exact) mass is 439 g/mol. The number of carbonyl (C=O) groups is 1. The van der Waals surface area contributed by atoms with E-state index >= 15 is 0 Å². The SMILES string of the molecule is CCOc1cc(/C=N/NC(=O)c2ccc(NS(=O)(=O)c3ccccc3)cc2)ccc1O. The van der Waals surface area contributed by atoms with Crippen molar-refractivity contribution in [2.45, 2.75) is 11.8 Å². The van der Waals surface area contributed by atoms with Gasteiger partial charge in [-0.1, -0.05) is 18.2 Å². The molecule has 0 spiro atoms. The number of phenols is 1. The number of hydrazone groups is 1. The number of sulfonamides is 1. The summed E-state index contributed by atoms with van der Waals surface area (Å²) in [5, 5.41) is 13.6. The molecule has 0 atom stereocenters. The highest BCUT2D eigenvalue weighted by Gasteiger charge is 2.13. The number of hydrogen-bond donors (Lipinski definition) is 3. The van der Waals surface area contributed by atoms with Gasteiger partial charge in [0.2, 0.25) is 0 Å². The predicted molar refractivity (Wildman–Crippen MR) is 118 cm³/mol. The van der Waals surface area contributed by atoms with Gasteiger partial charge in [-0.3, -0.25) is 9.52 Å². The molecule has 160 valence electrons. The van der Waals surface area contributed by atoms with Crippen molar-refractivity contribution in [1.82, 2.24) is 5.43 Å². The van der Waals surface area contributed by atoms with E-state index in [1.54, 1.807) is 37.3 Å². The fraction of sp³-hybridized carbons (Fsp3) is 0.0909. The van der Waals surface area contributed by atoms with Crippen LogP contribution in [-0.4, -0.2) is 32.3 Å². The molecule has 0 heterocycles. The average molecular weight is 439 g/mol. The maximum absolute atomic E-state index is 12.3. The number of anilines is 1. The Morgan fingerprint density at radius 1 is 1.06 bits per heavy atom. The van der Waals surface area contributed by atoms with Crippen molar-refractivity contribution in [3.05, 3.63) is 83.9 Å². The van der Waals surface area contributed by atoms with E-state index in [9.17, 15) is 18.3 Å². The van der Waals surface area contributed by atoms with Gasteiger partial charge in [0.05, 0.1) is 17.7 Å². The van der Waals surface area contributed by atoms with Crippen LogP contribution in [0.15, 0.2) is 82.8 Å². The fourth-order valence-electron chi connectivity index (χ4n) is 2.62. The lowest BCUT2D eigenvalue weighted by molar-refractivity contribution is 0.0955. The number of amides is 1. The second-order valence-electron chi connectivity index (χ2n) is 6.36. The molecule has 8 nitrogen and oxygen atoms in total. The molecule has 0 aromatic heterocycles. The minimum atomic E-state index is -3.70. The zero-order valence-electron chi connectivity index (χ0n) is 16.6. The van der Waals surface area contributed by atoms with E-state index in [1.807, 2.05) is 0 Å². The lowest BCUT2D eigenvalue weighted by atomic mass is 10.2. The van der Waals surface area contributed by atoms with Gasteiger partial charge in [-0.25, -0.2) is 13.8 Å². The van der Waals surface area contributed by atoms with Gasteiger partial charge >= 0.3 is 0 Å². The maximum atomic E-state index is 12.3. The molecule has 0 bridgehead atoms. The van der Waals surface area contributed by atoms with Crippen LogP contribution in [0, 0.1) is 0 Å². The molecule has 1 amide bonds. The number of benzene rings is 3. The van der Waals surface area contributed by atoms with E-state index in [-0.39, 0.29) is 10.6 Å². The van der Waals surface area contributed by atoms with E-state index in [1.165, 1.54) is 48.7 Å². The normalized spacial score (nSPS) is 11.3.